The van der Waals surface area contributed by atoms with Gasteiger partial charge in [0.1, 0.15) is 0 Å². The van der Waals surface area contributed by atoms with E-state index in [1.165, 1.54) is 0 Å². The second-order valence-corrected chi connectivity index (χ2v) is 8.21. The van der Waals surface area contributed by atoms with Crippen LogP contribution in [-0.2, 0) is 0 Å². The molecule has 2 amide bonds. The average Bonchev–Trinajstić information content (AvgIpc) is 2.84. The van der Waals surface area contributed by atoms with Crippen molar-refractivity contribution in [3.05, 3.63) is 84.4 Å². The Kier molecular flexibility index (Phi) is 5.64. The van der Waals surface area contributed by atoms with Crippen LogP contribution in [-0.4, -0.2) is 81.8 Å². The van der Waals surface area contributed by atoms with Gasteiger partial charge in [0, 0.05) is 63.3 Å². The minimum absolute atomic E-state index is 0.0795. The lowest BCUT2D eigenvalue weighted by molar-refractivity contribution is 0.00830. The molecule has 0 saturated carbocycles. The Morgan fingerprint density at radius 2 is 1.31 bits per heavy atom. The number of aromatic nitrogens is 2. The summed E-state index contributed by atoms with van der Waals surface area (Å²) in [4.78, 5) is 39.5. The molecule has 0 N–H and O–H groups in total. The second-order valence-electron chi connectivity index (χ2n) is 8.21. The summed E-state index contributed by atoms with van der Waals surface area (Å²) in [6, 6.07) is 20.1. The van der Waals surface area contributed by atoms with Gasteiger partial charge in [-0.3, -0.25) is 14.5 Å². The Bertz CT molecular complexity index is 1070. The number of carbonyl (C=O) groups excluding carboxylic acids is 2. The van der Waals surface area contributed by atoms with Crippen molar-refractivity contribution in [2.75, 3.05) is 39.3 Å². The molecule has 0 bridgehead atoms. The molecule has 2 fully saturated rings. The van der Waals surface area contributed by atoms with E-state index in [9.17, 15) is 9.59 Å². The van der Waals surface area contributed by atoms with Crippen LogP contribution in [0.25, 0.3) is 11.1 Å². The fraction of sp³-hybridized carbons (Fsp3) is 0.280. The summed E-state index contributed by atoms with van der Waals surface area (Å²) in [6.07, 6.45) is 3.18. The van der Waals surface area contributed by atoms with Crippen LogP contribution in [0.2, 0.25) is 0 Å². The maximum atomic E-state index is 12.8. The van der Waals surface area contributed by atoms with Crippen molar-refractivity contribution in [1.29, 1.82) is 0 Å². The predicted octanol–water partition coefficient (Wildman–Crippen LogP) is 2.43. The molecular weight excluding hydrogens is 402 g/mol. The third-order valence-corrected chi connectivity index (χ3v) is 6.26. The van der Waals surface area contributed by atoms with Crippen LogP contribution >= 0.6 is 0 Å². The summed E-state index contributed by atoms with van der Waals surface area (Å²) in [5.41, 5.74) is 2.98. The third-order valence-electron chi connectivity index (χ3n) is 6.26. The number of benzene rings is 2. The van der Waals surface area contributed by atoms with E-state index in [0.717, 1.165) is 42.9 Å². The molecular formula is C25H25N5O2. The largest absolute Gasteiger partial charge is 0.335 e. The molecule has 7 nitrogen and oxygen atoms in total. The zero-order chi connectivity index (χ0) is 21.9. The minimum atomic E-state index is -0.116. The molecule has 2 aliphatic rings. The smallest absolute Gasteiger partial charge is 0.291 e. The summed E-state index contributed by atoms with van der Waals surface area (Å²) in [6.45, 7) is 4.38. The van der Waals surface area contributed by atoms with Crippen LogP contribution in [0.5, 0.6) is 0 Å². The van der Waals surface area contributed by atoms with Gasteiger partial charge in [-0.25, -0.2) is 9.97 Å². The fourth-order valence-electron chi connectivity index (χ4n) is 4.31. The van der Waals surface area contributed by atoms with Gasteiger partial charge in [-0.05, 0) is 29.3 Å². The number of hydrogen-bond acceptors (Lipinski definition) is 5. The van der Waals surface area contributed by atoms with Gasteiger partial charge < -0.3 is 9.80 Å². The van der Waals surface area contributed by atoms with Crippen LogP contribution in [0, 0.1) is 0 Å². The lowest BCUT2D eigenvalue weighted by atomic mass is 10.0. The van der Waals surface area contributed by atoms with E-state index in [2.05, 4.69) is 27.0 Å². The van der Waals surface area contributed by atoms with Gasteiger partial charge in [0.05, 0.1) is 0 Å². The van der Waals surface area contributed by atoms with Crippen LogP contribution < -0.4 is 0 Å². The number of likely N-dealkylation sites (tertiary alicyclic amines) is 1. The van der Waals surface area contributed by atoms with Gasteiger partial charge in [0.2, 0.25) is 5.82 Å². The number of rotatable bonds is 4. The number of piperazine rings is 1. The van der Waals surface area contributed by atoms with E-state index in [-0.39, 0.29) is 17.6 Å². The normalized spacial score (nSPS) is 17.1. The molecule has 32 heavy (non-hydrogen) atoms. The van der Waals surface area contributed by atoms with Crippen molar-refractivity contribution in [2.24, 2.45) is 0 Å². The van der Waals surface area contributed by atoms with Gasteiger partial charge in [-0.1, -0.05) is 42.5 Å². The van der Waals surface area contributed by atoms with E-state index in [4.69, 9.17) is 0 Å². The van der Waals surface area contributed by atoms with Gasteiger partial charge in [-0.15, -0.1) is 0 Å². The molecule has 7 heteroatoms. The Balaban J connectivity index is 1.11. The molecule has 3 heterocycles. The molecule has 2 saturated heterocycles. The zero-order valence-electron chi connectivity index (χ0n) is 17.8. The summed E-state index contributed by atoms with van der Waals surface area (Å²) in [5, 5.41) is 0. The van der Waals surface area contributed by atoms with Crippen LogP contribution in [0.4, 0.5) is 0 Å². The van der Waals surface area contributed by atoms with Gasteiger partial charge >= 0.3 is 0 Å². The first-order valence-electron chi connectivity index (χ1n) is 10.9. The molecule has 0 radical (unpaired) electrons. The van der Waals surface area contributed by atoms with Crippen LogP contribution in [0.15, 0.2) is 73.1 Å². The Morgan fingerprint density at radius 3 is 1.97 bits per heavy atom. The van der Waals surface area contributed by atoms with Crippen molar-refractivity contribution in [3.8, 4) is 11.1 Å². The maximum Gasteiger partial charge on any atom is 0.291 e. The van der Waals surface area contributed by atoms with Crippen molar-refractivity contribution in [3.63, 3.8) is 0 Å². The highest BCUT2D eigenvalue weighted by Gasteiger charge is 2.37. The molecule has 1 aromatic heterocycles. The number of carbonyl (C=O) groups is 2. The Labute approximate surface area is 187 Å². The Morgan fingerprint density at radius 1 is 0.688 bits per heavy atom. The van der Waals surface area contributed by atoms with Crippen molar-refractivity contribution >= 4 is 11.8 Å². The van der Waals surface area contributed by atoms with Crippen molar-refractivity contribution < 1.29 is 9.59 Å². The van der Waals surface area contributed by atoms with Gasteiger partial charge in [-0.2, -0.15) is 0 Å². The van der Waals surface area contributed by atoms with Crippen molar-refractivity contribution in [1.82, 2.24) is 24.7 Å². The lowest BCUT2D eigenvalue weighted by Gasteiger charge is -2.48. The Hall–Kier alpha value is -3.58. The quantitative estimate of drug-likeness (QED) is 0.640. The summed E-state index contributed by atoms with van der Waals surface area (Å²) < 4.78 is 0. The fourth-order valence-corrected chi connectivity index (χ4v) is 4.31. The third kappa shape index (κ3) is 4.11. The summed E-state index contributed by atoms with van der Waals surface area (Å²) >= 11 is 0. The topological polar surface area (TPSA) is 69.6 Å². The highest BCUT2D eigenvalue weighted by atomic mass is 16.2. The molecule has 2 aliphatic heterocycles. The number of amides is 2. The SMILES string of the molecule is O=C(c1ccc(-c2ccccc2)cc1)N1CC(N2CCN(C(=O)c3ncccn3)CC2)C1. The van der Waals surface area contributed by atoms with E-state index < -0.39 is 0 Å². The standard InChI is InChI=1S/C25H25N5O2/c31-24(21-9-7-20(8-10-21)19-5-2-1-3-6-19)30-17-22(18-30)28-13-15-29(16-14-28)25(32)23-26-11-4-12-27-23/h1-12,22H,13-18H2. The average molecular weight is 428 g/mol. The molecule has 0 atom stereocenters. The van der Waals surface area contributed by atoms with Crippen molar-refractivity contribution in [2.45, 2.75) is 6.04 Å². The highest BCUT2D eigenvalue weighted by Crippen LogP contribution is 2.23. The minimum Gasteiger partial charge on any atom is -0.335 e. The molecule has 0 aliphatic carbocycles. The molecule has 3 aromatic rings. The van der Waals surface area contributed by atoms with E-state index >= 15 is 0 Å². The first kappa shape index (κ1) is 20.3. The first-order chi connectivity index (χ1) is 15.7. The summed E-state index contributed by atoms with van der Waals surface area (Å²) in [7, 11) is 0. The molecule has 2 aromatic carbocycles. The van der Waals surface area contributed by atoms with Gasteiger partial charge in [0.25, 0.3) is 11.8 Å². The van der Waals surface area contributed by atoms with E-state index in [0.29, 0.717) is 19.1 Å². The molecule has 5 rings (SSSR count). The predicted molar refractivity (Wildman–Crippen MR) is 121 cm³/mol. The zero-order valence-corrected chi connectivity index (χ0v) is 17.8. The number of hydrogen-bond donors (Lipinski definition) is 0. The van der Waals surface area contributed by atoms with Gasteiger partial charge in [0.15, 0.2) is 0 Å². The van der Waals surface area contributed by atoms with Crippen LogP contribution in [0.3, 0.4) is 0 Å². The monoisotopic (exact) mass is 427 g/mol. The number of nitrogens with zero attached hydrogens (tertiary/aromatic N) is 5. The molecule has 0 unspecified atom stereocenters. The second kappa shape index (κ2) is 8.88. The van der Waals surface area contributed by atoms with E-state index in [1.54, 1.807) is 18.5 Å². The molecule has 0 spiro atoms. The maximum absolute atomic E-state index is 12.8. The summed E-state index contributed by atoms with van der Waals surface area (Å²) in [5.74, 6) is 0.213. The van der Waals surface area contributed by atoms with Crippen LogP contribution in [0.1, 0.15) is 21.0 Å². The molecule has 162 valence electrons. The van der Waals surface area contributed by atoms with E-state index in [1.807, 2.05) is 52.3 Å². The lowest BCUT2D eigenvalue weighted by Crippen LogP contribution is -2.64. The highest BCUT2D eigenvalue weighted by molar-refractivity contribution is 5.95. The first-order valence-corrected chi connectivity index (χ1v) is 10.9.